The Morgan fingerprint density at radius 2 is 1.64 bits per heavy atom. The number of carboxylic acids is 2. The van der Waals surface area contributed by atoms with Gasteiger partial charge in [-0.15, -0.1) is 0 Å². The summed E-state index contributed by atoms with van der Waals surface area (Å²) in [4.78, 5) is 22.4. The van der Waals surface area contributed by atoms with E-state index in [2.05, 4.69) is 13.8 Å². The summed E-state index contributed by atoms with van der Waals surface area (Å²) >= 11 is 0. The van der Waals surface area contributed by atoms with Crippen molar-refractivity contribution in [2.45, 2.75) is 84.5 Å². The smallest absolute Gasteiger partial charge is 0.303 e. The predicted octanol–water partition coefficient (Wildman–Crippen LogP) is 4.96. The fraction of sp³-hybridized carbons (Fsp3) is 0.905. The van der Waals surface area contributed by atoms with E-state index in [1.807, 2.05) is 0 Å². The quantitative estimate of drug-likeness (QED) is 0.709. The molecule has 4 heteroatoms. The van der Waals surface area contributed by atoms with E-state index in [0.29, 0.717) is 30.1 Å². The van der Waals surface area contributed by atoms with Gasteiger partial charge >= 0.3 is 11.9 Å². The number of carbonyl (C=O) groups is 2. The molecular weight excluding hydrogens is 316 g/mol. The van der Waals surface area contributed by atoms with Crippen LogP contribution in [0.3, 0.4) is 0 Å². The number of rotatable bonds is 6. The highest BCUT2D eigenvalue weighted by Gasteiger charge is 2.56. The molecule has 0 aromatic rings. The van der Waals surface area contributed by atoms with E-state index in [9.17, 15) is 14.7 Å². The molecule has 3 aliphatic rings. The van der Waals surface area contributed by atoms with Gasteiger partial charge < -0.3 is 10.2 Å². The SMILES string of the molecule is C[C@]12CCC[C@H]1[C@@H]1CC[C@H](CCC(=O)O)[C@@](C)(CCC(=O)O)[C@@H]1CC2. The monoisotopic (exact) mass is 350 g/mol. The van der Waals surface area contributed by atoms with Crippen LogP contribution in [-0.2, 0) is 9.59 Å². The van der Waals surface area contributed by atoms with E-state index in [1.54, 1.807) is 0 Å². The number of carboxylic acid groups (broad SMARTS) is 2. The molecule has 0 heterocycles. The third-order valence-electron chi connectivity index (χ3n) is 8.43. The van der Waals surface area contributed by atoms with Crippen LogP contribution in [0.25, 0.3) is 0 Å². The van der Waals surface area contributed by atoms with Crippen LogP contribution < -0.4 is 0 Å². The van der Waals surface area contributed by atoms with Crippen LogP contribution in [0, 0.1) is 34.5 Å². The Kier molecular flexibility index (Phi) is 5.18. The lowest BCUT2D eigenvalue weighted by atomic mass is 9.46. The summed E-state index contributed by atoms with van der Waals surface area (Å²) in [6.45, 7) is 4.77. The molecule has 4 nitrogen and oxygen atoms in total. The molecule has 0 aromatic carbocycles. The fourth-order valence-electron chi connectivity index (χ4n) is 7.07. The minimum absolute atomic E-state index is 0.0132. The minimum Gasteiger partial charge on any atom is -0.481 e. The molecular formula is C21H34O4. The van der Waals surface area contributed by atoms with Crippen LogP contribution in [0.15, 0.2) is 0 Å². The second-order valence-corrected chi connectivity index (χ2v) is 9.57. The second-order valence-electron chi connectivity index (χ2n) is 9.57. The van der Waals surface area contributed by atoms with Crippen molar-refractivity contribution in [1.82, 2.24) is 0 Å². The van der Waals surface area contributed by atoms with Gasteiger partial charge in [-0.2, -0.15) is 0 Å². The van der Waals surface area contributed by atoms with E-state index in [4.69, 9.17) is 5.11 Å². The van der Waals surface area contributed by atoms with Crippen molar-refractivity contribution in [2.75, 3.05) is 0 Å². The van der Waals surface area contributed by atoms with Gasteiger partial charge in [0.15, 0.2) is 0 Å². The van der Waals surface area contributed by atoms with Gasteiger partial charge in [-0.1, -0.05) is 20.3 Å². The summed E-state index contributed by atoms with van der Waals surface area (Å²) < 4.78 is 0. The van der Waals surface area contributed by atoms with Crippen LogP contribution in [0.5, 0.6) is 0 Å². The Morgan fingerprint density at radius 3 is 2.32 bits per heavy atom. The molecule has 3 rings (SSSR count). The lowest BCUT2D eigenvalue weighted by Gasteiger charge is -2.58. The van der Waals surface area contributed by atoms with Gasteiger partial charge in [0, 0.05) is 12.8 Å². The highest BCUT2D eigenvalue weighted by Crippen LogP contribution is 2.65. The van der Waals surface area contributed by atoms with Crippen molar-refractivity contribution in [2.24, 2.45) is 34.5 Å². The third-order valence-corrected chi connectivity index (χ3v) is 8.43. The molecule has 3 saturated carbocycles. The molecule has 0 radical (unpaired) electrons. The first-order valence-electron chi connectivity index (χ1n) is 10.2. The summed E-state index contributed by atoms with van der Waals surface area (Å²) in [5.74, 6) is 1.01. The van der Waals surface area contributed by atoms with Gasteiger partial charge in [-0.3, -0.25) is 9.59 Å². The summed E-state index contributed by atoms with van der Waals surface area (Å²) in [7, 11) is 0. The molecule has 2 N–H and O–H groups in total. The van der Waals surface area contributed by atoms with Crippen LogP contribution in [-0.4, -0.2) is 22.2 Å². The maximum absolute atomic E-state index is 11.3. The molecule has 6 atom stereocenters. The number of aliphatic carboxylic acids is 2. The van der Waals surface area contributed by atoms with Gasteiger partial charge in [0.1, 0.15) is 0 Å². The van der Waals surface area contributed by atoms with Crippen molar-refractivity contribution in [3.63, 3.8) is 0 Å². The molecule has 0 aliphatic heterocycles. The van der Waals surface area contributed by atoms with Crippen LogP contribution in [0.1, 0.15) is 84.5 Å². The van der Waals surface area contributed by atoms with E-state index in [0.717, 1.165) is 18.3 Å². The van der Waals surface area contributed by atoms with Crippen LogP contribution >= 0.6 is 0 Å². The van der Waals surface area contributed by atoms with Crippen molar-refractivity contribution >= 4 is 11.9 Å². The maximum atomic E-state index is 11.3. The van der Waals surface area contributed by atoms with Gasteiger partial charge in [0.05, 0.1) is 0 Å². The zero-order valence-electron chi connectivity index (χ0n) is 15.8. The van der Waals surface area contributed by atoms with Crippen molar-refractivity contribution in [3.8, 4) is 0 Å². The normalized spacial score (nSPS) is 43.3. The Morgan fingerprint density at radius 1 is 0.920 bits per heavy atom. The Bertz CT molecular complexity index is 530. The van der Waals surface area contributed by atoms with Gasteiger partial charge in [-0.05, 0) is 85.9 Å². The predicted molar refractivity (Wildman–Crippen MR) is 96.2 cm³/mol. The molecule has 3 fully saturated rings. The third kappa shape index (κ3) is 3.46. The molecule has 0 amide bonds. The van der Waals surface area contributed by atoms with Crippen molar-refractivity contribution in [3.05, 3.63) is 0 Å². The minimum atomic E-state index is -0.727. The maximum Gasteiger partial charge on any atom is 0.303 e. The van der Waals surface area contributed by atoms with E-state index in [1.165, 1.54) is 38.5 Å². The Hall–Kier alpha value is -1.06. The number of fused-ring (bicyclic) bond motifs is 3. The number of hydrogen-bond donors (Lipinski definition) is 2. The van der Waals surface area contributed by atoms with E-state index >= 15 is 0 Å². The van der Waals surface area contributed by atoms with Gasteiger partial charge in [0.25, 0.3) is 0 Å². The molecule has 0 unspecified atom stereocenters. The largest absolute Gasteiger partial charge is 0.481 e. The number of hydrogen-bond acceptors (Lipinski definition) is 2. The van der Waals surface area contributed by atoms with Crippen molar-refractivity contribution < 1.29 is 19.8 Å². The summed E-state index contributed by atoms with van der Waals surface area (Å²) in [5, 5.41) is 18.4. The second kappa shape index (κ2) is 6.92. The molecule has 0 aromatic heterocycles. The van der Waals surface area contributed by atoms with E-state index in [-0.39, 0.29) is 18.3 Å². The first-order chi connectivity index (χ1) is 11.8. The zero-order valence-corrected chi connectivity index (χ0v) is 15.8. The average Bonchev–Trinajstić information content (AvgIpc) is 2.94. The lowest BCUT2D eigenvalue weighted by molar-refractivity contribution is -0.142. The molecule has 0 saturated heterocycles. The zero-order chi connectivity index (χ0) is 18.2. The summed E-state index contributed by atoms with van der Waals surface area (Å²) in [6, 6.07) is 0. The molecule has 142 valence electrons. The topological polar surface area (TPSA) is 74.6 Å². The highest BCUT2D eigenvalue weighted by atomic mass is 16.4. The summed E-state index contributed by atoms with van der Waals surface area (Å²) in [6.07, 6.45) is 10.7. The van der Waals surface area contributed by atoms with Crippen LogP contribution in [0.4, 0.5) is 0 Å². The Labute approximate surface area is 151 Å². The highest BCUT2D eigenvalue weighted by molar-refractivity contribution is 5.67. The van der Waals surface area contributed by atoms with Crippen LogP contribution in [0.2, 0.25) is 0 Å². The first kappa shape index (κ1) is 18.7. The molecule has 0 bridgehead atoms. The summed E-state index contributed by atoms with van der Waals surface area (Å²) in [5.41, 5.74) is 0.490. The van der Waals surface area contributed by atoms with E-state index < -0.39 is 11.9 Å². The molecule has 0 spiro atoms. The standard InChI is InChI=1S/C21H34O4/c1-20-11-3-4-16(20)15-7-5-14(6-8-18(22)23)21(2,13-10-19(24)25)17(15)9-12-20/h14-17H,3-13H2,1-2H3,(H,22,23)(H,24,25)/t14-,15+,16+,17-,20-,21-/m1/s1. The average molecular weight is 350 g/mol. The first-order valence-corrected chi connectivity index (χ1v) is 10.2. The Balaban J connectivity index is 1.83. The van der Waals surface area contributed by atoms with Crippen molar-refractivity contribution in [1.29, 1.82) is 0 Å². The fourth-order valence-corrected chi connectivity index (χ4v) is 7.07. The van der Waals surface area contributed by atoms with Gasteiger partial charge in [-0.25, -0.2) is 0 Å². The van der Waals surface area contributed by atoms with Gasteiger partial charge in [0.2, 0.25) is 0 Å². The molecule has 3 aliphatic carbocycles. The molecule has 25 heavy (non-hydrogen) atoms. The lowest BCUT2D eigenvalue weighted by Crippen LogP contribution is -2.51.